The van der Waals surface area contributed by atoms with Crippen LogP contribution in [0.3, 0.4) is 0 Å². The average Bonchev–Trinajstić information content (AvgIpc) is 2.33. The molecule has 4 nitrogen and oxygen atoms in total. The third kappa shape index (κ3) is 5.63. The van der Waals surface area contributed by atoms with Crippen LogP contribution in [-0.2, 0) is 4.79 Å². The summed E-state index contributed by atoms with van der Waals surface area (Å²) < 4.78 is 24.7. The minimum Gasteiger partial charge on any atom is -0.395 e. The number of hydrogen-bond acceptors (Lipinski definition) is 3. The number of anilines is 1. The Hall–Kier alpha value is -1.53. The van der Waals surface area contributed by atoms with Crippen LogP contribution in [-0.4, -0.2) is 48.6 Å². The van der Waals surface area contributed by atoms with Crippen molar-refractivity contribution in [3.8, 4) is 0 Å². The number of nitrogens with zero attached hydrogens (tertiary/aromatic N) is 1. The molecule has 0 radical (unpaired) electrons. The molecule has 0 aliphatic carbocycles. The van der Waals surface area contributed by atoms with Gasteiger partial charge in [0, 0.05) is 12.2 Å². The molecule has 0 spiro atoms. The standard InChI is InChI=1S/C14H20F2N2O2/c1-10-3-4-12(7-11(10)2)17-14(20)9-18(5-6-19)8-13(15)16/h3-4,7,13,19H,5-6,8-9H2,1-2H3,(H,17,20). The molecule has 0 saturated carbocycles. The third-order valence-electron chi connectivity index (χ3n) is 2.97. The Balaban J connectivity index is 2.58. The highest BCUT2D eigenvalue weighted by molar-refractivity contribution is 5.92. The maximum absolute atomic E-state index is 12.3. The fourth-order valence-electron chi connectivity index (χ4n) is 1.79. The molecule has 2 N–H and O–H groups in total. The number of halogens is 2. The number of carbonyl (C=O) groups excluding carboxylic acids is 1. The number of nitrogens with one attached hydrogen (secondary N) is 1. The van der Waals surface area contributed by atoms with Crippen molar-refractivity contribution in [1.82, 2.24) is 4.90 Å². The second-order valence-electron chi connectivity index (χ2n) is 4.70. The molecule has 0 saturated heterocycles. The first kappa shape index (κ1) is 16.5. The van der Waals surface area contributed by atoms with Gasteiger partial charge in [-0.2, -0.15) is 0 Å². The maximum Gasteiger partial charge on any atom is 0.251 e. The van der Waals surface area contributed by atoms with E-state index < -0.39 is 13.0 Å². The van der Waals surface area contributed by atoms with Crippen molar-refractivity contribution in [2.75, 3.05) is 31.6 Å². The fourth-order valence-corrected chi connectivity index (χ4v) is 1.79. The molecule has 1 aromatic carbocycles. The predicted octanol–water partition coefficient (Wildman–Crippen LogP) is 1.80. The Kier molecular flexibility index (Phi) is 6.54. The van der Waals surface area contributed by atoms with Gasteiger partial charge in [-0.15, -0.1) is 0 Å². The van der Waals surface area contributed by atoms with E-state index in [2.05, 4.69) is 5.32 Å². The Labute approximate surface area is 117 Å². The smallest absolute Gasteiger partial charge is 0.251 e. The van der Waals surface area contributed by atoms with E-state index in [0.717, 1.165) is 11.1 Å². The molecule has 0 aromatic heterocycles. The number of amides is 1. The number of rotatable bonds is 7. The van der Waals surface area contributed by atoms with E-state index in [1.54, 1.807) is 6.07 Å². The highest BCUT2D eigenvalue weighted by atomic mass is 19.3. The van der Waals surface area contributed by atoms with E-state index in [1.165, 1.54) is 4.90 Å². The van der Waals surface area contributed by atoms with Gasteiger partial charge in [-0.25, -0.2) is 8.78 Å². The van der Waals surface area contributed by atoms with Crippen molar-refractivity contribution in [1.29, 1.82) is 0 Å². The molecule has 0 unspecified atom stereocenters. The number of carbonyl (C=O) groups is 1. The Morgan fingerprint density at radius 1 is 1.35 bits per heavy atom. The van der Waals surface area contributed by atoms with Crippen molar-refractivity contribution in [2.24, 2.45) is 0 Å². The molecule has 1 amide bonds. The van der Waals surface area contributed by atoms with Crippen molar-refractivity contribution in [3.63, 3.8) is 0 Å². The van der Waals surface area contributed by atoms with Gasteiger partial charge in [0.2, 0.25) is 5.91 Å². The minimum atomic E-state index is -2.53. The number of aliphatic hydroxyl groups excluding tert-OH is 1. The fraction of sp³-hybridized carbons (Fsp3) is 0.500. The second kappa shape index (κ2) is 7.91. The number of aliphatic hydroxyl groups is 1. The lowest BCUT2D eigenvalue weighted by Gasteiger charge is -2.20. The summed E-state index contributed by atoms with van der Waals surface area (Å²) in [7, 11) is 0. The topological polar surface area (TPSA) is 52.6 Å². The second-order valence-corrected chi connectivity index (χ2v) is 4.70. The molecule has 1 aromatic rings. The van der Waals surface area contributed by atoms with Crippen LogP contribution in [0.2, 0.25) is 0 Å². The summed E-state index contributed by atoms with van der Waals surface area (Å²) in [5.74, 6) is -0.373. The molecule has 0 bridgehead atoms. The normalized spacial score (nSPS) is 11.2. The Bertz CT molecular complexity index is 453. The number of benzene rings is 1. The van der Waals surface area contributed by atoms with Crippen LogP contribution in [0.15, 0.2) is 18.2 Å². The Morgan fingerprint density at radius 2 is 2.05 bits per heavy atom. The molecular formula is C14H20F2N2O2. The van der Waals surface area contributed by atoms with Crippen molar-refractivity contribution >= 4 is 11.6 Å². The summed E-state index contributed by atoms with van der Waals surface area (Å²) in [5, 5.41) is 11.5. The molecule has 0 aliphatic heterocycles. The number of hydrogen-bond donors (Lipinski definition) is 2. The lowest BCUT2D eigenvalue weighted by molar-refractivity contribution is -0.117. The van der Waals surface area contributed by atoms with Crippen LogP contribution in [0, 0.1) is 13.8 Å². The van der Waals surface area contributed by atoms with Gasteiger partial charge in [-0.1, -0.05) is 6.07 Å². The van der Waals surface area contributed by atoms with Crippen LogP contribution in [0.1, 0.15) is 11.1 Å². The maximum atomic E-state index is 12.3. The first-order valence-electron chi connectivity index (χ1n) is 6.41. The molecule has 112 valence electrons. The molecule has 0 atom stereocenters. The quantitative estimate of drug-likeness (QED) is 0.803. The zero-order valence-electron chi connectivity index (χ0n) is 11.7. The lowest BCUT2D eigenvalue weighted by atomic mass is 10.1. The highest BCUT2D eigenvalue weighted by Gasteiger charge is 2.15. The van der Waals surface area contributed by atoms with E-state index in [0.29, 0.717) is 5.69 Å². The van der Waals surface area contributed by atoms with Gasteiger partial charge >= 0.3 is 0 Å². The zero-order chi connectivity index (χ0) is 15.1. The van der Waals surface area contributed by atoms with Crippen LogP contribution in [0.4, 0.5) is 14.5 Å². The van der Waals surface area contributed by atoms with E-state index in [-0.39, 0.29) is 25.6 Å². The van der Waals surface area contributed by atoms with Gasteiger partial charge < -0.3 is 10.4 Å². The largest absolute Gasteiger partial charge is 0.395 e. The van der Waals surface area contributed by atoms with Gasteiger partial charge in [-0.3, -0.25) is 9.69 Å². The SMILES string of the molecule is Cc1ccc(NC(=O)CN(CCO)CC(F)F)cc1C. The van der Waals surface area contributed by atoms with Gasteiger partial charge in [0.1, 0.15) is 0 Å². The first-order valence-corrected chi connectivity index (χ1v) is 6.41. The van der Waals surface area contributed by atoms with Crippen molar-refractivity contribution in [3.05, 3.63) is 29.3 Å². The minimum absolute atomic E-state index is 0.0463. The monoisotopic (exact) mass is 286 g/mol. The van der Waals surface area contributed by atoms with Crippen LogP contribution in [0.25, 0.3) is 0 Å². The van der Waals surface area contributed by atoms with Gasteiger partial charge in [-0.05, 0) is 37.1 Å². The molecule has 1 rings (SSSR count). The predicted molar refractivity (Wildman–Crippen MR) is 74.1 cm³/mol. The van der Waals surface area contributed by atoms with Gasteiger partial charge in [0.05, 0.1) is 19.7 Å². The van der Waals surface area contributed by atoms with Crippen LogP contribution < -0.4 is 5.32 Å². The third-order valence-corrected chi connectivity index (χ3v) is 2.97. The van der Waals surface area contributed by atoms with E-state index in [1.807, 2.05) is 26.0 Å². The molecule has 0 fully saturated rings. The summed E-state index contributed by atoms with van der Waals surface area (Å²) in [4.78, 5) is 13.0. The summed E-state index contributed by atoms with van der Waals surface area (Å²) in [6.45, 7) is 2.99. The zero-order valence-corrected chi connectivity index (χ0v) is 11.7. The summed E-state index contributed by atoms with van der Waals surface area (Å²) in [6, 6.07) is 5.48. The Morgan fingerprint density at radius 3 is 2.60 bits per heavy atom. The summed E-state index contributed by atoms with van der Waals surface area (Å²) in [6.07, 6.45) is -2.53. The van der Waals surface area contributed by atoms with Gasteiger partial charge in [0.15, 0.2) is 0 Å². The molecule has 20 heavy (non-hydrogen) atoms. The van der Waals surface area contributed by atoms with Gasteiger partial charge in [0.25, 0.3) is 6.43 Å². The average molecular weight is 286 g/mol. The molecule has 0 heterocycles. The van der Waals surface area contributed by atoms with E-state index >= 15 is 0 Å². The van der Waals surface area contributed by atoms with Crippen molar-refractivity contribution in [2.45, 2.75) is 20.3 Å². The van der Waals surface area contributed by atoms with Crippen molar-refractivity contribution < 1.29 is 18.7 Å². The number of alkyl halides is 2. The summed E-state index contributed by atoms with van der Waals surface area (Å²) in [5.41, 5.74) is 2.80. The van der Waals surface area contributed by atoms with E-state index in [9.17, 15) is 13.6 Å². The molecule has 6 heteroatoms. The molecule has 0 aliphatic rings. The number of aryl methyl sites for hydroxylation is 2. The first-order chi connectivity index (χ1) is 9.42. The van der Waals surface area contributed by atoms with Crippen LogP contribution >= 0.6 is 0 Å². The van der Waals surface area contributed by atoms with E-state index in [4.69, 9.17) is 5.11 Å². The lowest BCUT2D eigenvalue weighted by Crippen LogP contribution is -2.38. The molecular weight excluding hydrogens is 266 g/mol. The summed E-state index contributed by atoms with van der Waals surface area (Å²) >= 11 is 0. The van der Waals surface area contributed by atoms with Crippen LogP contribution in [0.5, 0.6) is 0 Å². The highest BCUT2D eigenvalue weighted by Crippen LogP contribution is 2.14.